The van der Waals surface area contributed by atoms with E-state index in [1.165, 1.54) is 0 Å². The van der Waals surface area contributed by atoms with Crippen molar-refractivity contribution in [3.05, 3.63) is 0 Å². The van der Waals surface area contributed by atoms with Gasteiger partial charge in [0.2, 0.25) is 0 Å². The van der Waals surface area contributed by atoms with Gasteiger partial charge in [0.05, 0.1) is 0 Å². The topological polar surface area (TPSA) is 37.3 Å². The lowest BCUT2D eigenvalue weighted by Gasteiger charge is -2.36. The second kappa shape index (κ2) is 4.10. The predicted octanol–water partition coefficient (Wildman–Crippen LogP) is 2.85. The first kappa shape index (κ1) is 14.6. The number of alkyl halides is 6. The second-order valence-electron chi connectivity index (χ2n) is 5.43. The van der Waals surface area contributed by atoms with Crippen LogP contribution in [0.5, 0.6) is 0 Å². The first-order chi connectivity index (χ1) is 8.46. The number of Topliss-reactive ketones (excluding diaryl/α,β-unsaturated/α-hetero) is 1. The normalized spacial score (nSPS) is 32.2. The Labute approximate surface area is 104 Å². The lowest BCUT2D eigenvalue weighted by atomic mass is 9.79. The van der Waals surface area contributed by atoms with E-state index in [0.717, 1.165) is 0 Å². The molecule has 2 aliphatic carbocycles. The van der Waals surface area contributed by atoms with Crippen LogP contribution in [0, 0.1) is 17.8 Å². The Bertz CT molecular complexity index is 372. The number of carbonyl (C=O) groups is 1. The smallest absolute Gasteiger partial charge is 0.374 e. The van der Waals surface area contributed by atoms with Crippen LogP contribution in [0.2, 0.25) is 0 Å². The van der Waals surface area contributed by atoms with Crippen molar-refractivity contribution in [2.45, 2.75) is 43.6 Å². The molecule has 2 fully saturated rings. The van der Waals surface area contributed by atoms with E-state index in [4.69, 9.17) is 5.11 Å². The summed E-state index contributed by atoms with van der Waals surface area (Å²) in [5.74, 6) is -2.22. The van der Waals surface area contributed by atoms with E-state index in [1.54, 1.807) is 0 Å². The molecule has 2 rings (SSSR count). The maximum absolute atomic E-state index is 12.5. The number of rotatable bonds is 2. The molecule has 0 radical (unpaired) electrons. The van der Waals surface area contributed by atoms with Crippen molar-refractivity contribution in [1.29, 1.82) is 0 Å². The Kier molecular flexibility index (Phi) is 3.15. The molecular formula is C11H12F6O2. The minimum absolute atomic E-state index is 0.131. The highest BCUT2D eigenvalue weighted by atomic mass is 19.4. The Hall–Kier alpha value is -0.790. The summed E-state index contributed by atoms with van der Waals surface area (Å²) in [5, 5.41) is 9.10. The van der Waals surface area contributed by atoms with Gasteiger partial charge in [0.15, 0.2) is 0 Å². The average Bonchev–Trinajstić information content (AvgIpc) is 2.72. The van der Waals surface area contributed by atoms with E-state index in [-0.39, 0.29) is 24.5 Å². The average molecular weight is 290 g/mol. The van der Waals surface area contributed by atoms with Crippen molar-refractivity contribution >= 4 is 5.78 Å². The quantitative estimate of drug-likeness (QED) is 0.794. The van der Waals surface area contributed by atoms with Crippen LogP contribution in [-0.4, -0.2) is 28.8 Å². The van der Waals surface area contributed by atoms with E-state index in [0.29, 0.717) is 6.42 Å². The maximum atomic E-state index is 12.5. The summed E-state index contributed by atoms with van der Waals surface area (Å²) in [4.78, 5) is 11.4. The summed E-state index contributed by atoms with van der Waals surface area (Å²) >= 11 is 0. The van der Waals surface area contributed by atoms with Crippen LogP contribution in [0.1, 0.15) is 25.7 Å². The number of carbonyl (C=O) groups excluding carboxylic acids is 1. The number of fused-ring (bicyclic) bond motifs is 2. The molecule has 3 atom stereocenters. The summed E-state index contributed by atoms with van der Waals surface area (Å²) in [5.41, 5.74) is -4.73. The van der Waals surface area contributed by atoms with Crippen LogP contribution in [0.3, 0.4) is 0 Å². The Balaban J connectivity index is 2.21. The van der Waals surface area contributed by atoms with Crippen molar-refractivity contribution in [2.24, 2.45) is 17.8 Å². The standard InChI is InChI=1S/C11H12F6O2/c12-10(13,14)9(19,11(15,16)17)4-6-1-5-2-7(6)8(18)3-5/h5-7,19H,1-4H2. The van der Waals surface area contributed by atoms with Crippen molar-refractivity contribution in [3.8, 4) is 0 Å². The third-order valence-corrected chi connectivity index (χ3v) is 4.19. The molecule has 0 spiro atoms. The van der Waals surface area contributed by atoms with Crippen LogP contribution in [0.4, 0.5) is 26.3 Å². The molecule has 1 N–H and O–H groups in total. The molecule has 0 amide bonds. The van der Waals surface area contributed by atoms with E-state index < -0.39 is 36.2 Å². The predicted molar refractivity (Wildman–Crippen MR) is 51.0 cm³/mol. The second-order valence-corrected chi connectivity index (χ2v) is 5.43. The molecule has 2 saturated carbocycles. The molecule has 110 valence electrons. The van der Waals surface area contributed by atoms with Gasteiger partial charge in [-0.1, -0.05) is 0 Å². The van der Waals surface area contributed by atoms with E-state index in [1.807, 2.05) is 0 Å². The van der Waals surface area contributed by atoms with E-state index in [9.17, 15) is 31.1 Å². The molecule has 0 saturated heterocycles. The summed E-state index contributed by atoms with van der Waals surface area (Å²) < 4.78 is 75.2. The molecule has 0 aliphatic heterocycles. The minimum atomic E-state index is -5.80. The lowest BCUT2D eigenvalue weighted by Crippen LogP contribution is -2.58. The zero-order chi connectivity index (χ0) is 14.6. The molecule has 2 aliphatic rings. The molecular weight excluding hydrogens is 278 g/mol. The van der Waals surface area contributed by atoms with Gasteiger partial charge < -0.3 is 5.11 Å². The fourth-order valence-electron chi connectivity index (χ4n) is 3.23. The number of aliphatic hydroxyl groups is 1. The molecule has 2 bridgehead atoms. The van der Waals surface area contributed by atoms with Crippen LogP contribution in [0.25, 0.3) is 0 Å². The van der Waals surface area contributed by atoms with Gasteiger partial charge in [-0.2, -0.15) is 26.3 Å². The van der Waals surface area contributed by atoms with Crippen LogP contribution in [-0.2, 0) is 4.79 Å². The van der Waals surface area contributed by atoms with Gasteiger partial charge in [-0.15, -0.1) is 0 Å². The van der Waals surface area contributed by atoms with Gasteiger partial charge in [-0.05, 0) is 31.1 Å². The third kappa shape index (κ3) is 2.23. The molecule has 0 aromatic rings. The van der Waals surface area contributed by atoms with Crippen molar-refractivity contribution in [2.75, 3.05) is 0 Å². The fourth-order valence-corrected chi connectivity index (χ4v) is 3.23. The highest BCUT2D eigenvalue weighted by molar-refractivity contribution is 5.84. The molecule has 8 heteroatoms. The minimum Gasteiger partial charge on any atom is -0.374 e. The Morgan fingerprint density at radius 2 is 1.58 bits per heavy atom. The summed E-state index contributed by atoms with van der Waals surface area (Å²) in [7, 11) is 0. The third-order valence-electron chi connectivity index (χ3n) is 4.19. The van der Waals surface area contributed by atoms with Gasteiger partial charge >= 0.3 is 12.4 Å². The Morgan fingerprint density at radius 3 is 1.95 bits per heavy atom. The zero-order valence-electron chi connectivity index (χ0n) is 9.68. The number of ketones is 1. The number of hydrogen-bond acceptors (Lipinski definition) is 2. The van der Waals surface area contributed by atoms with Crippen LogP contribution in [0.15, 0.2) is 0 Å². The molecule has 0 heterocycles. The lowest BCUT2D eigenvalue weighted by molar-refractivity contribution is -0.373. The number of hydrogen-bond donors (Lipinski definition) is 1. The van der Waals surface area contributed by atoms with Gasteiger partial charge in [0.25, 0.3) is 5.60 Å². The first-order valence-electron chi connectivity index (χ1n) is 5.84. The highest BCUT2D eigenvalue weighted by Gasteiger charge is 2.71. The fraction of sp³-hybridized carbons (Fsp3) is 0.909. The molecule has 0 aromatic heterocycles. The van der Waals surface area contributed by atoms with Gasteiger partial charge in [-0.3, -0.25) is 4.79 Å². The molecule has 2 nitrogen and oxygen atoms in total. The molecule has 19 heavy (non-hydrogen) atoms. The Morgan fingerprint density at radius 1 is 1.05 bits per heavy atom. The monoisotopic (exact) mass is 290 g/mol. The SMILES string of the molecule is O=C1CC2CC(CC(O)(C(F)(F)F)C(F)(F)F)C1C2. The molecule has 0 aromatic carbocycles. The van der Waals surface area contributed by atoms with Gasteiger partial charge in [0, 0.05) is 12.3 Å². The maximum Gasteiger partial charge on any atom is 0.426 e. The summed E-state index contributed by atoms with van der Waals surface area (Å²) in [6.45, 7) is 0. The van der Waals surface area contributed by atoms with Crippen LogP contribution < -0.4 is 0 Å². The van der Waals surface area contributed by atoms with Crippen LogP contribution >= 0.6 is 0 Å². The summed E-state index contributed by atoms with van der Waals surface area (Å²) in [6.07, 6.45) is -12.4. The highest BCUT2D eigenvalue weighted by Crippen LogP contribution is 2.54. The van der Waals surface area contributed by atoms with Crippen molar-refractivity contribution in [1.82, 2.24) is 0 Å². The summed E-state index contributed by atoms with van der Waals surface area (Å²) in [6, 6.07) is 0. The van der Waals surface area contributed by atoms with Gasteiger partial charge in [-0.25, -0.2) is 0 Å². The first-order valence-corrected chi connectivity index (χ1v) is 5.84. The van der Waals surface area contributed by atoms with E-state index in [2.05, 4.69) is 0 Å². The van der Waals surface area contributed by atoms with E-state index >= 15 is 0 Å². The van der Waals surface area contributed by atoms with Gasteiger partial charge in [0.1, 0.15) is 5.78 Å². The van der Waals surface area contributed by atoms with Crippen molar-refractivity contribution in [3.63, 3.8) is 0 Å². The largest absolute Gasteiger partial charge is 0.426 e. The number of halogens is 6. The van der Waals surface area contributed by atoms with Crippen molar-refractivity contribution < 1.29 is 36.2 Å². The molecule has 3 unspecified atom stereocenters. The zero-order valence-corrected chi connectivity index (χ0v) is 9.68.